The highest BCUT2D eigenvalue weighted by molar-refractivity contribution is 14.1. The van der Waals surface area contributed by atoms with Crippen LogP contribution in [0.3, 0.4) is 0 Å². The zero-order chi connectivity index (χ0) is 15.8. The van der Waals surface area contributed by atoms with Crippen molar-refractivity contribution in [3.63, 3.8) is 0 Å². The van der Waals surface area contributed by atoms with Gasteiger partial charge in [0.05, 0.1) is 10.5 Å². The van der Waals surface area contributed by atoms with Crippen LogP contribution in [-0.4, -0.2) is 35.9 Å². The molecule has 2 rings (SSSR count). The summed E-state index contributed by atoms with van der Waals surface area (Å²) in [5.74, 6) is -1.11. The summed E-state index contributed by atoms with van der Waals surface area (Å²) in [4.78, 5) is 11.2. The van der Waals surface area contributed by atoms with Crippen LogP contribution in [0, 0.1) is 3.57 Å². The van der Waals surface area contributed by atoms with Crippen molar-refractivity contribution in [2.24, 2.45) is 0 Å². The van der Waals surface area contributed by atoms with Crippen molar-refractivity contribution in [3.8, 4) is 0 Å². The predicted molar refractivity (Wildman–Crippen MR) is 87.9 cm³/mol. The smallest absolute Gasteiger partial charge is 0.336 e. The Kier molecular flexibility index (Phi) is 4.94. The SMILES string of the molecule is C[C@@H]1CCC[C@H](C)N1S(=O)(=O)c1ccc(I)c(C(=O)O)c1. The number of nitrogens with zero attached hydrogens (tertiary/aromatic N) is 1. The van der Waals surface area contributed by atoms with Crippen LogP contribution in [0.15, 0.2) is 23.1 Å². The Labute approximate surface area is 138 Å². The van der Waals surface area contributed by atoms with Crippen LogP contribution in [0.2, 0.25) is 0 Å². The lowest BCUT2D eigenvalue weighted by Gasteiger charge is -2.37. The Morgan fingerprint density at radius 3 is 2.38 bits per heavy atom. The Bertz CT molecular complexity index is 649. The average molecular weight is 423 g/mol. The second-order valence-corrected chi connectivity index (χ2v) is 8.42. The second-order valence-electron chi connectivity index (χ2n) is 5.41. The number of carboxylic acids is 1. The maximum atomic E-state index is 12.8. The summed E-state index contributed by atoms with van der Waals surface area (Å²) in [6, 6.07) is 4.15. The summed E-state index contributed by atoms with van der Waals surface area (Å²) in [6.45, 7) is 3.80. The normalized spacial score (nSPS) is 24.0. The second kappa shape index (κ2) is 6.21. The molecule has 5 nitrogen and oxygen atoms in total. The summed E-state index contributed by atoms with van der Waals surface area (Å²) in [5.41, 5.74) is 0.0222. The molecule has 0 bridgehead atoms. The lowest BCUT2D eigenvalue weighted by Crippen LogP contribution is -2.47. The molecule has 0 aliphatic carbocycles. The number of rotatable bonds is 3. The van der Waals surface area contributed by atoms with Crippen LogP contribution in [0.5, 0.6) is 0 Å². The van der Waals surface area contributed by atoms with Crippen LogP contribution < -0.4 is 0 Å². The number of halogens is 1. The van der Waals surface area contributed by atoms with E-state index in [0.29, 0.717) is 3.57 Å². The van der Waals surface area contributed by atoms with Gasteiger partial charge in [-0.25, -0.2) is 13.2 Å². The number of carboxylic acid groups (broad SMARTS) is 1. The van der Waals surface area contributed by atoms with Crippen LogP contribution in [0.1, 0.15) is 43.5 Å². The molecule has 0 spiro atoms. The van der Waals surface area contributed by atoms with Crippen molar-refractivity contribution in [1.82, 2.24) is 4.31 Å². The zero-order valence-corrected chi connectivity index (χ0v) is 14.9. The summed E-state index contributed by atoms with van der Waals surface area (Å²) >= 11 is 1.89. The van der Waals surface area contributed by atoms with Crippen molar-refractivity contribution in [3.05, 3.63) is 27.3 Å². The molecule has 116 valence electrons. The van der Waals surface area contributed by atoms with Crippen LogP contribution in [-0.2, 0) is 10.0 Å². The molecule has 21 heavy (non-hydrogen) atoms. The first-order chi connectivity index (χ1) is 9.75. The minimum Gasteiger partial charge on any atom is -0.478 e. The van der Waals surface area contributed by atoms with Gasteiger partial charge in [-0.3, -0.25) is 0 Å². The van der Waals surface area contributed by atoms with E-state index in [1.807, 2.05) is 36.4 Å². The molecule has 0 aromatic heterocycles. The van der Waals surface area contributed by atoms with Gasteiger partial charge in [0.15, 0.2) is 0 Å². The summed E-state index contributed by atoms with van der Waals surface area (Å²) in [7, 11) is -3.67. The van der Waals surface area contributed by atoms with Gasteiger partial charge in [0.25, 0.3) is 0 Å². The van der Waals surface area contributed by atoms with Crippen LogP contribution >= 0.6 is 22.6 Å². The minimum absolute atomic E-state index is 0.0222. The van der Waals surface area contributed by atoms with Gasteiger partial charge >= 0.3 is 5.97 Å². The topological polar surface area (TPSA) is 74.7 Å². The molecule has 1 heterocycles. The lowest BCUT2D eigenvalue weighted by atomic mass is 10.0. The van der Waals surface area contributed by atoms with Crippen molar-refractivity contribution in [2.45, 2.75) is 50.1 Å². The molecule has 1 saturated heterocycles. The molecule has 7 heteroatoms. The first-order valence-corrected chi connectivity index (χ1v) is 9.33. The third kappa shape index (κ3) is 3.24. The molecular weight excluding hydrogens is 405 g/mol. The quantitative estimate of drug-likeness (QED) is 0.759. The predicted octanol–water partition coefficient (Wildman–Crippen LogP) is 2.94. The fourth-order valence-corrected chi connectivity index (χ4v) is 5.30. The van der Waals surface area contributed by atoms with Crippen molar-refractivity contribution >= 4 is 38.6 Å². The first kappa shape index (κ1) is 16.7. The summed E-state index contributed by atoms with van der Waals surface area (Å²) < 4.78 is 27.7. The molecule has 1 N–H and O–H groups in total. The number of sulfonamides is 1. The van der Waals surface area contributed by atoms with Crippen molar-refractivity contribution in [1.29, 1.82) is 0 Å². The van der Waals surface area contributed by atoms with E-state index < -0.39 is 16.0 Å². The molecule has 0 amide bonds. The van der Waals surface area contributed by atoms with E-state index in [9.17, 15) is 13.2 Å². The monoisotopic (exact) mass is 423 g/mol. The van der Waals surface area contributed by atoms with Gasteiger partial charge in [-0.05, 0) is 67.5 Å². The molecule has 1 aliphatic rings. The minimum atomic E-state index is -3.67. The number of piperidine rings is 1. The van der Waals surface area contributed by atoms with Gasteiger partial charge < -0.3 is 5.11 Å². The Morgan fingerprint density at radius 2 is 1.86 bits per heavy atom. The number of aromatic carboxylic acids is 1. The van der Waals surface area contributed by atoms with E-state index >= 15 is 0 Å². The van der Waals surface area contributed by atoms with E-state index in [4.69, 9.17) is 5.11 Å². The Hall–Kier alpha value is -0.670. The van der Waals surface area contributed by atoms with Crippen molar-refractivity contribution in [2.75, 3.05) is 0 Å². The largest absolute Gasteiger partial charge is 0.478 e. The highest BCUT2D eigenvalue weighted by Gasteiger charge is 2.36. The molecule has 2 atom stereocenters. The van der Waals surface area contributed by atoms with Crippen LogP contribution in [0.4, 0.5) is 0 Å². The molecule has 0 unspecified atom stereocenters. The van der Waals surface area contributed by atoms with Crippen LogP contribution in [0.25, 0.3) is 0 Å². The molecule has 1 aromatic carbocycles. The number of hydrogen-bond donors (Lipinski definition) is 1. The molecule has 1 fully saturated rings. The van der Waals surface area contributed by atoms with Crippen molar-refractivity contribution < 1.29 is 18.3 Å². The Balaban J connectivity index is 2.48. The third-order valence-corrected chi connectivity index (χ3v) is 6.92. The van der Waals surface area contributed by atoms with E-state index in [-0.39, 0.29) is 22.5 Å². The van der Waals surface area contributed by atoms with Gasteiger partial charge in [0.1, 0.15) is 0 Å². The van der Waals surface area contributed by atoms with Gasteiger partial charge in [-0.15, -0.1) is 0 Å². The van der Waals surface area contributed by atoms with E-state index in [0.717, 1.165) is 19.3 Å². The Morgan fingerprint density at radius 1 is 1.29 bits per heavy atom. The van der Waals surface area contributed by atoms with Gasteiger partial charge in [-0.2, -0.15) is 4.31 Å². The number of hydrogen-bond acceptors (Lipinski definition) is 3. The van der Waals surface area contributed by atoms with E-state index in [2.05, 4.69) is 0 Å². The molecule has 0 radical (unpaired) electrons. The molecule has 0 saturated carbocycles. The fraction of sp³-hybridized carbons (Fsp3) is 0.500. The van der Waals surface area contributed by atoms with Gasteiger partial charge in [0.2, 0.25) is 10.0 Å². The number of carbonyl (C=O) groups is 1. The van der Waals surface area contributed by atoms with Gasteiger partial charge in [-0.1, -0.05) is 6.42 Å². The molecule has 1 aromatic rings. The van der Waals surface area contributed by atoms with E-state index in [1.54, 1.807) is 0 Å². The maximum Gasteiger partial charge on any atom is 0.336 e. The number of benzene rings is 1. The van der Waals surface area contributed by atoms with Gasteiger partial charge in [0, 0.05) is 15.7 Å². The standard InChI is InChI=1S/C14H18INO4S/c1-9-4-3-5-10(2)16(9)21(19,20)11-6-7-13(15)12(8-11)14(17)18/h6-10H,3-5H2,1-2H3,(H,17,18)/t9-,10+. The zero-order valence-electron chi connectivity index (χ0n) is 11.9. The van der Waals surface area contributed by atoms with E-state index in [1.165, 1.54) is 22.5 Å². The fourth-order valence-electron chi connectivity index (χ4n) is 2.82. The molecule has 1 aliphatic heterocycles. The molecular formula is C14H18INO4S. The lowest BCUT2D eigenvalue weighted by molar-refractivity contribution is 0.0695. The summed E-state index contributed by atoms with van der Waals surface area (Å²) in [6.07, 6.45) is 2.68. The summed E-state index contributed by atoms with van der Waals surface area (Å²) in [5, 5.41) is 9.16. The first-order valence-electron chi connectivity index (χ1n) is 6.81. The average Bonchev–Trinajstić information content (AvgIpc) is 2.38. The third-order valence-electron chi connectivity index (χ3n) is 3.86. The maximum absolute atomic E-state index is 12.8. The highest BCUT2D eigenvalue weighted by atomic mass is 127. The highest BCUT2D eigenvalue weighted by Crippen LogP contribution is 2.30.